The van der Waals surface area contributed by atoms with Crippen molar-refractivity contribution in [2.45, 2.75) is 17.8 Å². The van der Waals surface area contributed by atoms with E-state index in [0.29, 0.717) is 10.9 Å². The number of hydrogen-bond acceptors (Lipinski definition) is 5. The van der Waals surface area contributed by atoms with Crippen molar-refractivity contribution in [2.24, 2.45) is 0 Å². The molecule has 0 amide bonds. The number of aromatic amines is 1. The predicted octanol–water partition coefficient (Wildman–Crippen LogP) is 1.47. The van der Waals surface area contributed by atoms with Gasteiger partial charge in [0.05, 0.1) is 11.9 Å². The lowest BCUT2D eigenvalue weighted by Gasteiger charge is -2.01. The molecule has 2 N–H and O–H groups in total. The number of aromatic nitrogens is 3. The maximum absolute atomic E-state index is 11.1. The lowest BCUT2D eigenvalue weighted by molar-refractivity contribution is 0.460. The molecule has 0 aliphatic heterocycles. The van der Waals surface area contributed by atoms with Gasteiger partial charge in [-0.05, 0) is 24.6 Å². The van der Waals surface area contributed by atoms with Crippen LogP contribution in [-0.4, -0.2) is 20.1 Å². The van der Waals surface area contributed by atoms with Gasteiger partial charge in [0.25, 0.3) is 5.56 Å². The Balaban J connectivity index is 2.07. The average molecular weight is 249 g/mol. The van der Waals surface area contributed by atoms with Crippen molar-refractivity contribution >= 4 is 11.8 Å². The Morgan fingerprint density at radius 1 is 1.47 bits per heavy atom. The highest BCUT2D eigenvalue weighted by atomic mass is 32.2. The Kier molecular flexibility index (Phi) is 3.43. The Hall–Kier alpha value is -1.82. The molecule has 5 nitrogen and oxygen atoms in total. The van der Waals surface area contributed by atoms with Crippen LogP contribution in [0.4, 0.5) is 0 Å². The van der Waals surface area contributed by atoms with Gasteiger partial charge in [-0.3, -0.25) is 14.8 Å². The summed E-state index contributed by atoms with van der Waals surface area (Å²) in [5, 5.41) is 9.51. The summed E-state index contributed by atoms with van der Waals surface area (Å²) in [5.41, 5.74) is 1.54. The second kappa shape index (κ2) is 5.01. The fourth-order valence-electron chi connectivity index (χ4n) is 1.27. The number of thioether (sulfide) groups is 1. The molecule has 0 aliphatic carbocycles. The summed E-state index contributed by atoms with van der Waals surface area (Å²) in [4.78, 5) is 21.7. The fourth-order valence-corrected chi connectivity index (χ4v) is 2.00. The Morgan fingerprint density at radius 2 is 2.29 bits per heavy atom. The van der Waals surface area contributed by atoms with Crippen molar-refractivity contribution in [1.29, 1.82) is 0 Å². The molecule has 2 heterocycles. The number of nitrogens with one attached hydrogen (secondary N) is 1. The molecule has 0 radical (unpaired) electrons. The molecule has 17 heavy (non-hydrogen) atoms. The van der Waals surface area contributed by atoms with E-state index in [0.717, 1.165) is 17.5 Å². The summed E-state index contributed by atoms with van der Waals surface area (Å²) in [6, 6.07) is 3.90. The third-order valence-corrected chi connectivity index (χ3v) is 3.01. The van der Waals surface area contributed by atoms with Gasteiger partial charge in [-0.25, -0.2) is 4.98 Å². The molecular formula is C11H11N3O2S. The first-order chi connectivity index (χ1) is 8.15. The number of aromatic hydroxyl groups is 1. The largest absolute Gasteiger partial charge is 0.502 e. The lowest BCUT2D eigenvalue weighted by atomic mass is 10.3. The van der Waals surface area contributed by atoms with E-state index in [2.05, 4.69) is 15.0 Å². The Morgan fingerprint density at radius 3 is 3.00 bits per heavy atom. The number of nitrogens with zero attached hydrogens (tertiary/aromatic N) is 2. The summed E-state index contributed by atoms with van der Waals surface area (Å²) < 4.78 is 0. The molecule has 2 rings (SSSR count). The van der Waals surface area contributed by atoms with Crippen molar-refractivity contribution < 1.29 is 5.11 Å². The maximum Gasteiger partial charge on any atom is 0.293 e. The quantitative estimate of drug-likeness (QED) is 0.636. The van der Waals surface area contributed by atoms with Gasteiger partial charge in [-0.15, -0.1) is 0 Å². The zero-order chi connectivity index (χ0) is 12.3. The monoisotopic (exact) mass is 249 g/mol. The molecule has 0 saturated heterocycles. The van der Waals surface area contributed by atoms with E-state index in [1.165, 1.54) is 11.8 Å². The van der Waals surface area contributed by atoms with Gasteiger partial charge in [0.15, 0.2) is 10.9 Å². The highest BCUT2D eigenvalue weighted by Gasteiger charge is 2.02. The molecule has 0 spiro atoms. The molecule has 0 bridgehead atoms. The van der Waals surface area contributed by atoms with Crippen LogP contribution in [0.15, 0.2) is 34.5 Å². The molecule has 0 unspecified atom stereocenters. The summed E-state index contributed by atoms with van der Waals surface area (Å²) in [7, 11) is 0. The van der Waals surface area contributed by atoms with Crippen LogP contribution in [0.2, 0.25) is 0 Å². The van der Waals surface area contributed by atoms with Crippen LogP contribution in [0.3, 0.4) is 0 Å². The molecular weight excluding hydrogens is 238 g/mol. The zero-order valence-corrected chi connectivity index (χ0v) is 9.99. The van der Waals surface area contributed by atoms with Crippen molar-refractivity contribution in [3.05, 3.63) is 46.1 Å². The molecule has 2 aromatic rings. The molecule has 6 heteroatoms. The highest BCUT2D eigenvalue weighted by Crippen LogP contribution is 2.17. The summed E-state index contributed by atoms with van der Waals surface area (Å²) in [6.07, 6.45) is 2.89. The van der Waals surface area contributed by atoms with Crippen molar-refractivity contribution in [2.75, 3.05) is 0 Å². The van der Waals surface area contributed by atoms with Gasteiger partial charge < -0.3 is 5.11 Å². The second-order valence-corrected chi connectivity index (χ2v) is 4.48. The van der Waals surface area contributed by atoms with E-state index < -0.39 is 5.56 Å². The zero-order valence-electron chi connectivity index (χ0n) is 9.17. The molecule has 0 atom stereocenters. The number of pyridine rings is 1. The highest BCUT2D eigenvalue weighted by molar-refractivity contribution is 7.98. The number of aryl methyl sites for hydroxylation is 1. The number of hydrogen-bond donors (Lipinski definition) is 2. The minimum atomic E-state index is -0.528. The smallest absolute Gasteiger partial charge is 0.293 e. The van der Waals surface area contributed by atoms with Crippen LogP contribution in [0.5, 0.6) is 5.75 Å². The number of rotatable bonds is 3. The first-order valence-electron chi connectivity index (χ1n) is 4.98. The Bertz CT molecular complexity index is 583. The van der Waals surface area contributed by atoms with Gasteiger partial charge in [0.2, 0.25) is 0 Å². The lowest BCUT2D eigenvalue weighted by Crippen LogP contribution is -2.07. The fraction of sp³-hybridized carbons (Fsp3) is 0.182. The average Bonchev–Trinajstić information content (AvgIpc) is 2.31. The standard InChI is InChI=1S/C11H11N3O2S/c1-7-2-3-12-8(4-7)6-17-11-13-5-9(15)10(16)14-11/h2-5,15H,6H2,1H3,(H,13,14,16). The van der Waals surface area contributed by atoms with E-state index in [1.54, 1.807) is 6.20 Å². The predicted molar refractivity (Wildman–Crippen MR) is 65.1 cm³/mol. The second-order valence-electron chi connectivity index (χ2n) is 3.52. The van der Waals surface area contributed by atoms with E-state index in [1.807, 2.05) is 19.1 Å². The van der Waals surface area contributed by atoms with Crippen LogP contribution < -0.4 is 5.56 Å². The van der Waals surface area contributed by atoms with Crippen LogP contribution in [-0.2, 0) is 5.75 Å². The first-order valence-corrected chi connectivity index (χ1v) is 5.96. The SMILES string of the molecule is Cc1ccnc(CSc2ncc(O)c(=O)[nH]2)c1. The van der Waals surface area contributed by atoms with E-state index >= 15 is 0 Å². The van der Waals surface area contributed by atoms with Gasteiger partial charge in [0, 0.05) is 11.9 Å². The van der Waals surface area contributed by atoms with Crippen LogP contribution in [0.1, 0.15) is 11.3 Å². The topological polar surface area (TPSA) is 78.9 Å². The van der Waals surface area contributed by atoms with Crippen molar-refractivity contribution in [3.8, 4) is 5.75 Å². The molecule has 2 aromatic heterocycles. The third kappa shape index (κ3) is 3.07. The summed E-state index contributed by atoms with van der Waals surface area (Å²) >= 11 is 1.36. The van der Waals surface area contributed by atoms with Gasteiger partial charge >= 0.3 is 0 Å². The summed E-state index contributed by atoms with van der Waals surface area (Å²) in [6.45, 7) is 2.00. The van der Waals surface area contributed by atoms with Crippen molar-refractivity contribution in [1.82, 2.24) is 15.0 Å². The van der Waals surface area contributed by atoms with Crippen LogP contribution >= 0.6 is 11.8 Å². The van der Waals surface area contributed by atoms with Crippen molar-refractivity contribution in [3.63, 3.8) is 0 Å². The van der Waals surface area contributed by atoms with Gasteiger partial charge in [-0.1, -0.05) is 11.8 Å². The molecule has 0 aliphatic rings. The van der Waals surface area contributed by atoms with E-state index in [9.17, 15) is 4.79 Å². The van der Waals surface area contributed by atoms with Gasteiger partial charge in [0.1, 0.15) is 0 Å². The molecule has 88 valence electrons. The minimum absolute atomic E-state index is 0.372. The molecule has 0 aromatic carbocycles. The van der Waals surface area contributed by atoms with Crippen LogP contribution in [0, 0.1) is 6.92 Å². The van der Waals surface area contributed by atoms with E-state index in [-0.39, 0.29) is 5.75 Å². The summed E-state index contributed by atoms with van der Waals surface area (Å²) in [5.74, 6) is 0.248. The van der Waals surface area contributed by atoms with Crippen LogP contribution in [0.25, 0.3) is 0 Å². The normalized spacial score (nSPS) is 10.4. The minimum Gasteiger partial charge on any atom is -0.502 e. The van der Waals surface area contributed by atoms with E-state index in [4.69, 9.17) is 5.11 Å². The third-order valence-electron chi connectivity index (χ3n) is 2.09. The van der Waals surface area contributed by atoms with Gasteiger partial charge in [-0.2, -0.15) is 0 Å². The number of H-pyrrole nitrogens is 1. The Labute approximate surface area is 102 Å². The maximum atomic E-state index is 11.1. The first kappa shape index (κ1) is 11.7. The molecule has 0 saturated carbocycles. The molecule has 0 fully saturated rings.